The molecule has 0 fully saturated rings. The molecule has 1 aromatic carbocycles. The van der Waals surface area contributed by atoms with E-state index < -0.39 is 0 Å². The van der Waals surface area contributed by atoms with Gasteiger partial charge in [-0.05, 0) is 37.6 Å². The largest absolute Gasteiger partial charge is 0.508 e. The minimum Gasteiger partial charge on any atom is -0.508 e. The van der Waals surface area contributed by atoms with E-state index >= 15 is 0 Å². The number of hydrogen-bond acceptors (Lipinski definition) is 3. The summed E-state index contributed by atoms with van der Waals surface area (Å²) in [7, 11) is 1.94. The molecular formula is C13H21NO2. The SMILES string of the molecule is CCCOCC(Cc1ccc(O)cc1)NC. The molecule has 0 bridgehead atoms. The number of rotatable bonds is 7. The van der Waals surface area contributed by atoms with Gasteiger partial charge in [-0.2, -0.15) is 0 Å². The van der Waals surface area contributed by atoms with Gasteiger partial charge in [0.15, 0.2) is 0 Å². The molecule has 16 heavy (non-hydrogen) atoms. The van der Waals surface area contributed by atoms with E-state index in [2.05, 4.69) is 12.2 Å². The topological polar surface area (TPSA) is 41.5 Å². The monoisotopic (exact) mass is 223 g/mol. The quantitative estimate of drug-likeness (QED) is 0.694. The van der Waals surface area contributed by atoms with Gasteiger partial charge in [-0.25, -0.2) is 0 Å². The highest BCUT2D eigenvalue weighted by Crippen LogP contribution is 2.11. The van der Waals surface area contributed by atoms with Gasteiger partial charge in [-0.1, -0.05) is 19.1 Å². The van der Waals surface area contributed by atoms with Crippen molar-refractivity contribution < 1.29 is 9.84 Å². The van der Waals surface area contributed by atoms with Gasteiger partial charge >= 0.3 is 0 Å². The zero-order valence-electron chi connectivity index (χ0n) is 10.1. The Morgan fingerprint density at radius 1 is 1.31 bits per heavy atom. The molecule has 0 saturated heterocycles. The Bertz CT molecular complexity index is 284. The maximum atomic E-state index is 9.18. The summed E-state index contributed by atoms with van der Waals surface area (Å²) in [6, 6.07) is 7.65. The fourth-order valence-corrected chi connectivity index (χ4v) is 1.53. The van der Waals surface area contributed by atoms with Crippen molar-refractivity contribution in [3.05, 3.63) is 29.8 Å². The Morgan fingerprint density at radius 2 is 2.00 bits per heavy atom. The highest BCUT2D eigenvalue weighted by atomic mass is 16.5. The van der Waals surface area contributed by atoms with Crippen LogP contribution in [0.1, 0.15) is 18.9 Å². The molecule has 3 heteroatoms. The zero-order valence-corrected chi connectivity index (χ0v) is 10.1. The van der Waals surface area contributed by atoms with Gasteiger partial charge in [0.1, 0.15) is 5.75 Å². The summed E-state index contributed by atoms with van der Waals surface area (Å²) in [5.41, 5.74) is 1.21. The number of benzene rings is 1. The summed E-state index contributed by atoms with van der Waals surface area (Å²) in [6.07, 6.45) is 1.97. The molecule has 0 saturated carbocycles. The molecule has 0 amide bonds. The molecule has 0 aromatic heterocycles. The average molecular weight is 223 g/mol. The lowest BCUT2D eigenvalue weighted by atomic mass is 10.1. The lowest BCUT2D eigenvalue weighted by Crippen LogP contribution is -2.32. The number of phenolic OH excluding ortho intramolecular Hbond substituents is 1. The van der Waals surface area contributed by atoms with Crippen LogP contribution in [0.3, 0.4) is 0 Å². The van der Waals surface area contributed by atoms with Crippen molar-refractivity contribution in [2.45, 2.75) is 25.8 Å². The van der Waals surface area contributed by atoms with Crippen LogP contribution in [-0.2, 0) is 11.2 Å². The van der Waals surface area contributed by atoms with Gasteiger partial charge in [0, 0.05) is 12.6 Å². The van der Waals surface area contributed by atoms with Gasteiger partial charge in [0.25, 0.3) is 0 Å². The maximum absolute atomic E-state index is 9.18. The van der Waals surface area contributed by atoms with Crippen LogP contribution in [0, 0.1) is 0 Å². The van der Waals surface area contributed by atoms with Gasteiger partial charge in [0.2, 0.25) is 0 Å². The smallest absolute Gasteiger partial charge is 0.115 e. The predicted molar refractivity (Wildman–Crippen MR) is 65.8 cm³/mol. The van der Waals surface area contributed by atoms with Crippen molar-refractivity contribution in [1.29, 1.82) is 0 Å². The Morgan fingerprint density at radius 3 is 2.56 bits per heavy atom. The first-order valence-electron chi connectivity index (χ1n) is 5.79. The maximum Gasteiger partial charge on any atom is 0.115 e. The van der Waals surface area contributed by atoms with Crippen LogP contribution in [-0.4, -0.2) is 31.4 Å². The molecule has 0 radical (unpaired) electrons. The van der Waals surface area contributed by atoms with Crippen molar-refractivity contribution >= 4 is 0 Å². The second-order valence-electron chi connectivity index (χ2n) is 3.93. The molecule has 0 spiro atoms. The first-order chi connectivity index (χ1) is 7.76. The molecule has 2 N–H and O–H groups in total. The van der Waals surface area contributed by atoms with E-state index in [4.69, 9.17) is 4.74 Å². The van der Waals surface area contributed by atoms with E-state index in [1.165, 1.54) is 5.56 Å². The Balaban J connectivity index is 2.40. The van der Waals surface area contributed by atoms with Gasteiger partial charge in [-0.15, -0.1) is 0 Å². The van der Waals surface area contributed by atoms with Crippen molar-refractivity contribution in [3.63, 3.8) is 0 Å². The molecule has 1 aromatic rings. The zero-order chi connectivity index (χ0) is 11.8. The fourth-order valence-electron chi connectivity index (χ4n) is 1.53. The first kappa shape index (κ1) is 13.0. The van der Waals surface area contributed by atoms with E-state index in [0.717, 1.165) is 26.1 Å². The minimum atomic E-state index is 0.312. The number of likely N-dealkylation sites (N-methyl/N-ethyl adjacent to an activating group) is 1. The van der Waals surface area contributed by atoms with Crippen LogP contribution in [0.15, 0.2) is 24.3 Å². The van der Waals surface area contributed by atoms with Crippen molar-refractivity contribution in [2.75, 3.05) is 20.3 Å². The van der Waals surface area contributed by atoms with Crippen LogP contribution in [0.2, 0.25) is 0 Å². The molecule has 1 unspecified atom stereocenters. The number of ether oxygens (including phenoxy) is 1. The van der Waals surface area contributed by atoms with Crippen LogP contribution in [0.4, 0.5) is 0 Å². The summed E-state index contributed by atoms with van der Waals surface area (Å²) in [5.74, 6) is 0.312. The van der Waals surface area contributed by atoms with Crippen LogP contribution >= 0.6 is 0 Å². The molecule has 0 heterocycles. The standard InChI is InChI=1S/C13H21NO2/c1-3-8-16-10-12(14-2)9-11-4-6-13(15)7-5-11/h4-7,12,14-15H,3,8-10H2,1-2H3. The number of aromatic hydroxyl groups is 1. The van der Waals surface area contributed by atoms with Gasteiger partial charge in [-0.3, -0.25) is 0 Å². The van der Waals surface area contributed by atoms with E-state index in [9.17, 15) is 5.11 Å². The molecule has 1 atom stereocenters. The average Bonchev–Trinajstić information content (AvgIpc) is 2.31. The van der Waals surface area contributed by atoms with Crippen molar-refractivity contribution in [3.8, 4) is 5.75 Å². The molecular weight excluding hydrogens is 202 g/mol. The van der Waals surface area contributed by atoms with Crippen molar-refractivity contribution in [1.82, 2.24) is 5.32 Å². The third kappa shape index (κ3) is 4.64. The number of nitrogens with one attached hydrogen (secondary N) is 1. The molecule has 1 rings (SSSR count). The van der Waals surface area contributed by atoms with Crippen molar-refractivity contribution in [2.24, 2.45) is 0 Å². The lowest BCUT2D eigenvalue weighted by Gasteiger charge is -2.16. The third-order valence-corrected chi connectivity index (χ3v) is 2.49. The predicted octanol–water partition coefficient (Wildman–Crippen LogP) is 1.95. The second kappa shape index (κ2) is 7.25. The summed E-state index contributed by atoms with van der Waals surface area (Å²) < 4.78 is 5.52. The Labute approximate surface area is 97.4 Å². The van der Waals surface area contributed by atoms with Crippen LogP contribution in [0.25, 0.3) is 0 Å². The fraction of sp³-hybridized carbons (Fsp3) is 0.538. The lowest BCUT2D eigenvalue weighted by molar-refractivity contribution is 0.114. The molecule has 0 aliphatic heterocycles. The first-order valence-corrected chi connectivity index (χ1v) is 5.79. The molecule has 0 aliphatic carbocycles. The van der Waals surface area contributed by atoms with E-state index in [1.54, 1.807) is 12.1 Å². The second-order valence-corrected chi connectivity index (χ2v) is 3.93. The summed E-state index contributed by atoms with van der Waals surface area (Å²) >= 11 is 0. The van der Waals surface area contributed by atoms with Gasteiger partial charge < -0.3 is 15.2 Å². The third-order valence-electron chi connectivity index (χ3n) is 2.49. The summed E-state index contributed by atoms with van der Waals surface area (Å²) in [6.45, 7) is 3.65. The van der Waals surface area contributed by atoms with E-state index in [1.807, 2.05) is 19.2 Å². The Hall–Kier alpha value is -1.06. The molecule has 0 aliphatic rings. The molecule has 3 nitrogen and oxygen atoms in total. The van der Waals surface area contributed by atoms with E-state index in [-0.39, 0.29) is 0 Å². The molecule has 90 valence electrons. The highest BCUT2D eigenvalue weighted by molar-refractivity contribution is 5.26. The highest BCUT2D eigenvalue weighted by Gasteiger charge is 2.07. The van der Waals surface area contributed by atoms with Gasteiger partial charge in [0.05, 0.1) is 6.61 Å². The van der Waals surface area contributed by atoms with Crippen LogP contribution in [0.5, 0.6) is 5.75 Å². The number of phenols is 1. The minimum absolute atomic E-state index is 0.312. The number of hydrogen-bond donors (Lipinski definition) is 2. The summed E-state index contributed by atoms with van der Waals surface area (Å²) in [4.78, 5) is 0. The Kier molecular flexibility index (Phi) is 5.90. The van der Waals surface area contributed by atoms with E-state index in [0.29, 0.717) is 11.8 Å². The summed E-state index contributed by atoms with van der Waals surface area (Å²) in [5, 5.41) is 12.4. The van der Waals surface area contributed by atoms with Crippen LogP contribution < -0.4 is 5.32 Å². The normalized spacial score (nSPS) is 12.6.